The largest absolute Gasteiger partial charge is 0.341 e. The van der Waals surface area contributed by atoms with Crippen molar-refractivity contribution in [2.24, 2.45) is 5.92 Å². The lowest BCUT2D eigenvalue weighted by molar-refractivity contribution is -0.136. The molecule has 0 saturated carbocycles. The smallest absolute Gasteiger partial charge is 0.256 e. The Morgan fingerprint density at radius 2 is 1.61 bits per heavy atom. The number of rotatable bonds is 4. The first-order chi connectivity index (χ1) is 13.3. The Morgan fingerprint density at radius 1 is 1.00 bits per heavy atom. The highest BCUT2D eigenvalue weighted by Crippen LogP contribution is 2.22. The molecule has 0 bridgehead atoms. The number of likely N-dealkylation sites (tertiary alicyclic amines) is 1. The molecule has 0 unspecified atom stereocenters. The number of nitrogens with zero attached hydrogens (tertiary/aromatic N) is 2. The van der Waals surface area contributed by atoms with E-state index in [1.54, 1.807) is 24.1 Å². The van der Waals surface area contributed by atoms with Crippen LogP contribution in [0.4, 0.5) is 13.2 Å². The zero-order chi connectivity index (χ0) is 20.3. The van der Waals surface area contributed by atoms with Gasteiger partial charge in [0.25, 0.3) is 5.91 Å². The van der Waals surface area contributed by atoms with Crippen molar-refractivity contribution in [3.63, 3.8) is 0 Å². The number of carbonyl (C=O) groups is 2. The third kappa shape index (κ3) is 4.52. The van der Waals surface area contributed by atoms with Gasteiger partial charge in [-0.15, -0.1) is 0 Å². The highest BCUT2D eigenvalue weighted by Gasteiger charge is 2.30. The van der Waals surface area contributed by atoms with Crippen molar-refractivity contribution in [3.05, 3.63) is 71.0 Å². The molecule has 4 nitrogen and oxygen atoms in total. The summed E-state index contributed by atoms with van der Waals surface area (Å²) in [4.78, 5) is 28.2. The molecule has 1 saturated heterocycles. The van der Waals surface area contributed by atoms with Crippen molar-refractivity contribution in [2.75, 3.05) is 20.1 Å². The summed E-state index contributed by atoms with van der Waals surface area (Å²) in [5.74, 6) is -2.71. The number of benzene rings is 2. The van der Waals surface area contributed by atoms with E-state index in [2.05, 4.69) is 0 Å². The van der Waals surface area contributed by atoms with Crippen LogP contribution in [0.15, 0.2) is 42.5 Å². The van der Waals surface area contributed by atoms with Crippen LogP contribution in [0, 0.1) is 23.4 Å². The van der Waals surface area contributed by atoms with Gasteiger partial charge >= 0.3 is 0 Å². The van der Waals surface area contributed by atoms with Crippen molar-refractivity contribution in [1.82, 2.24) is 9.80 Å². The molecule has 7 heteroatoms. The van der Waals surface area contributed by atoms with Crippen molar-refractivity contribution in [2.45, 2.75) is 19.4 Å². The van der Waals surface area contributed by atoms with Gasteiger partial charge in [0.1, 0.15) is 17.5 Å². The van der Waals surface area contributed by atoms with Crippen LogP contribution in [0.1, 0.15) is 28.8 Å². The van der Waals surface area contributed by atoms with E-state index in [0.717, 1.165) is 17.7 Å². The molecule has 1 heterocycles. The maximum atomic E-state index is 13.8. The first-order valence-corrected chi connectivity index (χ1v) is 9.09. The Balaban J connectivity index is 1.56. The predicted octanol–water partition coefficient (Wildman–Crippen LogP) is 3.61. The minimum absolute atomic E-state index is 0.0376. The fraction of sp³-hybridized carbons (Fsp3) is 0.333. The maximum absolute atomic E-state index is 13.8. The molecule has 0 N–H and O–H groups in total. The molecular formula is C21H21F3N2O2. The highest BCUT2D eigenvalue weighted by molar-refractivity contribution is 5.94. The molecule has 148 valence electrons. The fourth-order valence-electron chi connectivity index (χ4n) is 3.42. The van der Waals surface area contributed by atoms with E-state index < -0.39 is 17.5 Å². The van der Waals surface area contributed by atoms with Gasteiger partial charge in [-0.25, -0.2) is 13.2 Å². The van der Waals surface area contributed by atoms with E-state index in [4.69, 9.17) is 0 Å². The summed E-state index contributed by atoms with van der Waals surface area (Å²) in [6.45, 7) is 1.03. The Labute approximate surface area is 161 Å². The van der Waals surface area contributed by atoms with E-state index in [0.29, 0.717) is 38.5 Å². The summed E-state index contributed by atoms with van der Waals surface area (Å²) in [6, 6.07) is 8.86. The Kier molecular flexibility index (Phi) is 6.02. The zero-order valence-corrected chi connectivity index (χ0v) is 15.5. The Hall–Kier alpha value is -2.83. The van der Waals surface area contributed by atoms with E-state index in [1.165, 1.54) is 17.0 Å². The average molecular weight is 390 g/mol. The lowest BCUT2D eigenvalue weighted by Crippen LogP contribution is -2.43. The van der Waals surface area contributed by atoms with Gasteiger partial charge in [-0.2, -0.15) is 0 Å². The summed E-state index contributed by atoms with van der Waals surface area (Å²) in [5.41, 5.74) is 0.663. The zero-order valence-electron chi connectivity index (χ0n) is 15.5. The summed E-state index contributed by atoms with van der Waals surface area (Å²) >= 11 is 0. The molecule has 3 rings (SSSR count). The first kappa shape index (κ1) is 19.9. The van der Waals surface area contributed by atoms with Crippen LogP contribution in [0.3, 0.4) is 0 Å². The molecule has 2 aromatic rings. The Bertz CT molecular complexity index is 862. The fourth-order valence-corrected chi connectivity index (χ4v) is 3.42. The topological polar surface area (TPSA) is 40.6 Å². The van der Waals surface area contributed by atoms with Gasteiger partial charge in [0.2, 0.25) is 5.91 Å². The van der Waals surface area contributed by atoms with Gasteiger partial charge in [0.15, 0.2) is 0 Å². The third-order valence-electron chi connectivity index (χ3n) is 5.00. The van der Waals surface area contributed by atoms with Crippen molar-refractivity contribution >= 4 is 11.8 Å². The molecule has 0 aliphatic carbocycles. The highest BCUT2D eigenvalue weighted by atomic mass is 19.1. The second-order valence-electron chi connectivity index (χ2n) is 7.01. The summed E-state index contributed by atoms with van der Waals surface area (Å²) in [6.07, 6.45) is 0.947. The maximum Gasteiger partial charge on any atom is 0.256 e. The van der Waals surface area contributed by atoms with Crippen molar-refractivity contribution < 1.29 is 22.8 Å². The number of carbonyl (C=O) groups excluding carboxylic acids is 2. The number of amides is 2. The van der Waals surface area contributed by atoms with Crippen LogP contribution in [0.5, 0.6) is 0 Å². The molecular weight excluding hydrogens is 369 g/mol. The van der Waals surface area contributed by atoms with Crippen molar-refractivity contribution in [3.8, 4) is 0 Å². The van der Waals surface area contributed by atoms with E-state index >= 15 is 0 Å². The summed E-state index contributed by atoms with van der Waals surface area (Å²) in [7, 11) is 1.69. The molecule has 28 heavy (non-hydrogen) atoms. The molecule has 2 aromatic carbocycles. The third-order valence-corrected chi connectivity index (χ3v) is 5.00. The number of hydrogen-bond acceptors (Lipinski definition) is 2. The quantitative estimate of drug-likeness (QED) is 0.800. The van der Waals surface area contributed by atoms with Gasteiger partial charge in [0.05, 0.1) is 5.56 Å². The van der Waals surface area contributed by atoms with Gasteiger partial charge in [-0.05, 0) is 42.7 Å². The average Bonchev–Trinajstić information content (AvgIpc) is 2.69. The molecule has 2 amide bonds. The Morgan fingerprint density at radius 3 is 2.21 bits per heavy atom. The molecule has 1 aliphatic heterocycles. The van der Waals surface area contributed by atoms with Crippen LogP contribution in [0.25, 0.3) is 0 Å². The molecule has 0 radical (unpaired) electrons. The van der Waals surface area contributed by atoms with Gasteiger partial charge in [-0.3, -0.25) is 9.59 Å². The lowest BCUT2D eigenvalue weighted by Gasteiger charge is -2.33. The minimum atomic E-state index is -0.887. The predicted molar refractivity (Wildman–Crippen MR) is 97.9 cm³/mol. The van der Waals surface area contributed by atoms with Crippen LogP contribution >= 0.6 is 0 Å². The van der Waals surface area contributed by atoms with Crippen molar-refractivity contribution in [1.29, 1.82) is 0 Å². The van der Waals surface area contributed by atoms with E-state index in [9.17, 15) is 22.8 Å². The van der Waals surface area contributed by atoms with Crippen LogP contribution < -0.4 is 0 Å². The standard InChI is InChI=1S/C21H21F3N2O2/c1-25(13-14-2-4-16(22)5-3-14)20(27)15-8-10-26(11-9-15)21(28)18-7-6-17(23)12-19(18)24/h2-7,12,15H,8-11,13H2,1H3. The van der Waals surface area contributed by atoms with Crippen LogP contribution in [0.2, 0.25) is 0 Å². The molecule has 1 aliphatic rings. The second kappa shape index (κ2) is 8.46. The van der Waals surface area contributed by atoms with Gasteiger partial charge < -0.3 is 9.80 Å². The number of halogens is 3. The molecule has 0 aromatic heterocycles. The van der Waals surface area contributed by atoms with Crippen LogP contribution in [-0.2, 0) is 11.3 Å². The monoisotopic (exact) mass is 390 g/mol. The van der Waals surface area contributed by atoms with Gasteiger partial charge in [-0.1, -0.05) is 12.1 Å². The summed E-state index contributed by atoms with van der Waals surface area (Å²) in [5, 5.41) is 0. The molecule has 0 spiro atoms. The number of piperidine rings is 1. The normalized spacial score (nSPS) is 14.8. The number of hydrogen-bond donors (Lipinski definition) is 0. The van der Waals surface area contributed by atoms with Gasteiger partial charge in [0, 0.05) is 38.7 Å². The summed E-state index contributed by atoms with van der Waals surface area (Å²) < 4.78 is 39.8. The van der Waals surface area contributed by atoms with E-state index in [1.807, 2.05) is 0 Å². The second-order valence-corrected chi connectivity index (χ2v) is 7.01. The van der Waals surface area contributed by atoms with E-state index in [-0.39, 0.29) is 23.2 Å². The molecule has 1 fully saturated rings. The minimum Gasteiger partial charge on any atom is -0.341 e. The lowest BCUT2D eigenvalue weighted by atomic mass is 9.94. The van der Waals surface area contributed by atoms with Crippen LogP contribution in [-0.4, -0.2) is 41.8 Å². The molecule has 0 atom stereocenters. The first-order valence-electron chi connectivity index (χ1n) is 9.09. The SMILES string of the molecule is CN(Cc1ccc(F)cc1)C(=O)C1CCN(C(=O)c2ccc(F)cc2F)CC1.